The minimum absolute atomic E-state index is 0.0508. The maximum absolute atomic E-state index is 12.9. The molecule has 13 heterocycles. The number of benzene rings is 7. The van der Waals surface area contributed by atoms with Crippen LogP contribution in [0.1, 0.15) is 218 Å². The van der Waals surface area contributed by atoms with E-state index < -0.39 is 11.9 Å². The Labute approximate surface area is 846 Å². The van der Waals surface area contributed by atoms with Crippen LogP contribution in [-0.2, 0) is 71.9 Å². The zero-order valence-corrected chi connectivity index (χ0v) is 84.3. The number of piperidine rings is 5. The number of imide groups is 7. The molecule has 14 fully saturated rings. The van der Waals surface area contributed by atoms with Crippen molar-refractivity contribution < 1.29 is 76.3 Å². The molecule has 7 aromatic carbocycles. The second-order valence-electron chi connectivity index (χ2n) is 40.7. The summed E-state index contributed by atoms with van der Waals surface area (Å²) in [6.45, 7) is 21.4. The molecule has 0 aromatic heterocycles. The summed E-state index contributed by atoms with van der Waals surface area (Å²) in [5, 5.41) is 6.50. The summed E-state index contributed by atoms with van der Waals surface area (Å²) in [5.74, 6) is 0.484. The fraction of sp³-hybridized carbons (Fsp3) is 0.509. The third kappa shape index (κ3) is 26.7. The van der Waals surface area contributed by atoms with E-state index in [4.69, 9.17) is 4.74 Å². The summed E-state index contributed by atoms with van der Waals surface area (Å²) in [6, 6.07) is 55.7. The first-order valence-corrected chi connectivity index (χ1v) is 52.8. The fourth-order valence-electron chi connectivity index (χ4n) is 22.3. The van der Waals surface area contributed by atoms with Crippen LogP contribution in [0, 0.1) is 37.4 Å². The first-order chi connectivity index (χ1) is 69.8. The van der Waals surface area contributed by atoms with Gasteiger partial charge in [0, 0.05) is 19.2 Å². The number of anilines is 7. The van der Waals surface area contributed by atoms with Crippen molar-refractivity contribution in [2.24, 2.45) is 17.8 Å². The average Bonchev–Trinajstić information content (AvgIpc) is 1.67. The molecular weight excluding hydrogens is 1820 g/mol. The Kier molecular flexibility index (Phi) is 37.9. The summed E-state index contributed by atoms with van der Waals surface area (Å²) in [7, 11) is 0. The van der Waals surface area contributed by atoms with Gasteiger partial charge in [-0.3, -0.25) is 91.6 Å². The number of halogens is 1. The minimum Gasteiger partial charge on any atom is -0.377 e. The van der Waals surface area contributed by atoms with Crippen LogP contribution in [0.5, 0.6) is 0 Å². The lowest BCUT2D eigenvalue weighted by atomic mass is 9.91. The molecule has 8 atom stereocenters. The van der Waals surface area contributed by atoms with E-state index in [0.717, 1.165) is 196 Å². The Morgan fingerprint density at radius 2 is 0.590 bits per heavy atom. The van der Waals surface area contributed by atoms with Gasteiger partial charge in [0.15, 0.2) is 0 Å². The SMILES string of the molecule is CC1CCN([C@@H]2CC(=O)N(c3ccccc3)C2=O)CC1.CCC1CCN([C@@H]2CC(=O)N(c3ccccc3)C2=O)CC1.CCCC1CCN([C@@H]2CC(=O)N(c3ccccc3)C2=O)CC1.Cc1ccc(N2C(=O)C[C@@H](N3CCCCC3)C2=O)cc1.Cc1ccc(N2C(=O)C[C@@H](NC3CCCCC3)C2=O)cc1.O=C1C[C@@H](N2CCCCC2)C(=O)N1c1ccccc1.O=C1C[C@H](NCC2CCCO2)C(=O)N1c1ccc(F)cc1. The van der Waals surface area contributed by atoms with Crippen LogP contribution < -0.4 is 44.9 Å². The van der Waals surface area contributed by atoms with Gasteiger partial charge in [0.2, 0.25) is 41.4 Å². The third-order valence-corrected chi connectivity index (χ3v) is 30.7. The van der Waals surface area contributed by atoms with Crippen LogP contribution in [0.3, 0.4) is 0 Å². The smallest absolute Gasteiger partial charge is 0.251 e. The standard InChI is InChI=1S/C18H24N2O2.2C17H22N2O2.2C16H20N2O2.C15H17FN2O3.C15H18N2O2/c1-2-6-14-9-11-19(12-10-14)16-13-17(21)20(18(16)22)15-7-4-3-5-8-15;1-12-7-9-14(10-8-12)19-16(20)11-15(17(19)21)18-13-5-3-2-4-6-13;1-2-13-8-10-18(11-9-13)15-12-16(20)19(17(15)21)14-6-4-3-5-7-14;1-12-5-7-13(8-6-12)18-15(19)11-14(16(18)20)17-9-3-2-4-10-17;1-12-7-9-17(10-8-12)14-11-15(19)18(16(14)20)13-5-3-2-4-6-13;16-10-3-5-11(6-4-10)18-14(19)8-13(15(18)20)17-9-12-2-1-7-21-12;18-14-11-13(16-9-5-2-6-10-16)15(19)17(14)12-7-3-1-4-8-12/h3-5,7-8,14,16H,2,6,9-13H2,1H3;7-10,13,15,18H,2-6,11H2,1H3;3-7,13,15H,2,8-12H2,1H3;5-8,14H,2-4,9-11H2,1H3;2-6,12,14H,7-11H2,1H3;3-6,12-13,17H,1-2,7-9H2;1,3-4,7-8,13H,2,5-6,9-11H2/t16-;2*15-;2*14-;12?,13-;13-/m1111101/s1. The second kappa shape index (κ2) is 51.3. The van der Waals surface area contributed by atoms with Crippen molar-refractivity contribution in [1.29, 1.82) is 0 Å². The van der Waals surface area contributed by atoms with Gasteiger partial charge < -0.3 is 15.4 Å². The Bertz CT molecular complexity index is 5550. The number of aryl methyl sites for hydroxylation is 2. The van der Waals surface area contributed by atoms with Gasteiger partial charge in [0.1, 0.15) is 5.82 Å². The van der Waals surface area contributed by atoms with Crippen LogP contribution in [0.15, 0.2) is 194 Å². The fourth-order valence-corrected chi connectivity index (χ4v) is 22.3. The molecule has 14 aliphatic rings. The molecule has 144 heavy (non-hydrogen) atoms. The summed E-state index contributed by atoms with van der Waals surface area (Å²) in [6.07, 6.45) is 27.6. The molecule has 2 N–H and O–H groups in total. The zero-order valence-electron chi connectivity index (χ0n) is 84.3. The van der Waals surface area contributed by atoms with Crippen LogP contribution in [0.2, 0.25) is 0 Å². The van der Waals surface area contributed by atoms with E-state index in [1.807, 2.05) is 184 Å². The summed E-state index contributed by atoms with van der Waals surface area (Å²) < 4.78 is 18.4. The van der Waals surface area contributed by atoms with Gasteiger partial charge in [-0.15, -0.1) is 0 Å². The van der Waals surface area contributed by atoms with E-state index in [1.54, 1.807) is 0 Å². The molecule has 29 nitrogen and oxygen atoms in total. The van der Waals surface area contributed by atoms with Gasteiger partial charge in [0.25, 0.3) is 41.4 Å². The van der Waals surface area contributed by atoms with Gasteiger partial charge >= 0.3 is 0 Å². The normalized spacial score (nSPS) is 24.8. The quantitative estimate of drug-likeness (QED) is 0.0670. The number of ether oxygens (including phenoxy) is 1. The monoisotopic (exact) mass is 1970 g/mol. The predicted molar refractivity (Wildman–Crippen MR) is 552 cm³/mol. The van der Waals surface area contributed by atoms with Crippen molar-refractivity contribution in [3.63, 3.8) is 0 Å². The molecule has 21 rings (SSSR count). The zero-order chi connectivity index (χ0) is 101. The number of para-hydroxylation sites is 4. The number of carbonyl (C=O) groups excluding carboxylic acids is 14. The first-order valence-electron chi connectivity index (χ1n) is 52.8. The highest BCUT2D eigenvalue weighted by atomic mass is 19.1. The Morgan fingerprint density at radius 1 is 0.299 bits per heavy atom. The third-order valence-electron chi connectivity index (χ3n) is 30.7. The molecule has 0 bridgehead atoms. The molecule has 1 unspecified atom stereocenters. The van der Waals surface area contributed by atoms with E-state index in [9.17, 15) is 71.5 Å². The molecule has 766 valence electrons. The highest BCUT2D eigenvalue weighted by molar-refractivity contribution is 6.27. The molecule has 1 aliphatic carbocycles. The maximum atomic E-state index is 12.9. The Hall–Kier alpha value is -11.9. The largest absolute Gasteiger partial charge is 0.377 e. The minimum atomic E-state index is -0.522. The Balaban J connectivity index is 0.000000126. The number of nitrogens with one attached hydrogen (secondary N) is 2. The number of likely N-dealkylation sites (tertiary alicyclic amines) is 5. The van der Waals surface area contributed by atoms with E-state index in [-0.39, 0.29) is 138 Å². The van der Waals surface area contributed by atoms with E-state index in [2.05, 4.69) is 55.9 Å². The van der Waals surface area contributed by atoms with Crippen molar-refractivity contribution >= 4 is 123 Å². The molecule has 1 saturated carbocycles. The maximum Gasteiger partial charge on any atom is 0.251 e. The van der Waals surface area contributed by atoms with Gasteiger partial charge in [0.05, 0.1) is 133 Å². The predicted octanol–water partition coefficient (Wildman–Crippen LogP) is 15.0. The summed E-state index contributed by atoms with van der Waals surface area (Å²) >= 11 is 0. The number of rotatable bonds is 20. The molecule has 14 amide bonds. The lowest BCUT2D eigenvalue weighted by molar-refractivity contribution is -0.124. The number of hydrogen-bond donors (Lipinski definition) is 2. The molecule has 30 heteroatoms. The lowest BCUT2D eigenvalue weighted by Crippen LogP contribution is -2.46. The topological polar surface area (TPSA) is 311 Å². The van der Waals surface area contributed by atoms with Gasteiger partial charge in [-0.1, -0.05) is 180 Å². The Morgan fingerprint density at radius 3 is 0.924 bits per heavy atom. The van der Waals surface area contributed by atoms with Crippen molar-refractivity contribution in [3.05, 3.63) is 211 Å². The van der Waals surface area contributed by atoms with Crippen molar-refractivity contribution in [2.45, 2.75) is 275 Å². The van der Waals surface area contributed by atoms with Crippen LogP contribution in [0.4, 0.5) is 44.2 Å². The van der Waals surface area contributed by atoms with E-state index in [0.29, 0.717) is 84.5 Å². The highest BCUT2D eigenvalue weighted by Crippen LogP contribution is 2.37. The van der Waals surface area contributed by atoms with Crippen LogP contribution in [-0.4, -0.2) is 240 Å². The van der Waals surface area contributed by atoms with Crippen LogP contribution in [0.25, 0.3) is 0 Å². The van der Waals surface area contributed by atoms with E-state index >= 15 is 0 Å². The van der Waals surface area contributed by atoms with Crippen LogP contribution >= 0.6 is 0 Å². The molecule has 0 radical (unpaired) electrons. The molecule has 13 saturated heterocycles. The average molecular weight is 1970 g/mol. The summed E-state index contributed by atoms with van der Waals surface area (Å²) in [4.78, 5) is 193. The summed E-state index contributed by atoms with van der Waals surface area (Å²) in [5.41, 5.74) is 6.81. The number of hydrogen-bond acceptors (Lipinski definition) is 22. The number of nitrogens with zero attached hydrogens (tertiary/aromatic N) is 12. The molecule has 7 aromatic rings. The van der Waals surface area contributed by atoms with Gasteiger partial charge in [-0.2, -0.15) is 0 Å². The molecule has 13 aliphatic heterocycles. The van der Waals surface area contributed by atoms with Crippen molar-refractivity contribution in [2.75, 3.05) is 113 Å². The number of carbonyl (C=O) groups is 14. The molecular formula is C114H143FN14O15. The first kappa shape index (κ1) is 106. The van der Waals surface area contributed by atoms with Gasteiger partial charge in [-0.05, 0) is 284 Å². The van der Waals surface area contributed by atoms with Crippen molar-refractivity contribution in [1.82, 2.24) is 35.1 Å². The second-order valence-corrected chi connectivity index (χ2v) is 40.7. The van der Waals surface area contributed by atoms with E-state index in [1.165, 1.54) is 105 Å². The van der Waals surface area contributed by atoms with Crippen molar-refractivity contribution in [3.8, 4) is 0 Å². The number of amides is 14. The molecule has 0 spiro atoms. The highest BCUT2D eigenvalue weighted by Gasteiger charge is 2.50. The van der Waals surface area contributed by atoms with Gasteiger partial charge in [-0.25, -0.2) is 38.7 Å². The lowest BCUT2D eigenvalue weighted by Gasteiger charge is -2.34.